The van der Waals surface area contributed by atoms with Crippen molar-refractivity contribution in [2.24, 2.45) is 0 Å². The van der Waals surface area contributed by atoms with Crippen molar-refractivity contribution in [3.8, 4) is 11.1 Å². The number of fused-ring (bicyclic) bond motifs is 1. The van der Waals surface area contributed by atoms with Gasteiger partial charge in [-0.05, 0) is 26.3 Å². The molecule has 0 bridgehead atoms. The summed E-state index contributed by atoms with van der Waals surface area (Å²) in [7, 11) is 0. The Kier molecular flexibility index (Phi) is 5.66. The molecule has 0 unspecified atom stereocenters. The molecule has 32 heavy (non-hydrogen) atoms. The van der Waals surface area contributed by atoms with E-state index in [1.807, 2.05) is 38.3 Å². The fourth-order valence-corrected chi connectivity index (χ4v) is 5.77. The first-order valence-electron chi connectivity index (χ1n) is 9.92. The molecule has 0 spiro atoms. The highest BCUT2D eigenvalue weighted by Gasteiger charge is 2.17. The number of aryl methyl sites for hydroxylation is 3. The number of hydrogen-bond acceptors (Lipinski definition) is 9. The SMILES string of the molecule is Cc1ccc(-c2c(C)sc3nc(CSc4nnc(Cc5csc(C)n5)o4)[nH]c(=O)c23)cc1. The van der Waals surface area contributed by atoms with Crippen molar-refractivity contribution in [1.82, 2.24) is 25.1 Å². The lowest BCUT2D eigenvalue weighted by molar-refractivity contribution is 0.419. The van der Waals surface area contributed by atoms with Gasteiger partial charge in [0.2, 0.25) is 5.89 Å². The van der Waals surface area contributed by atoms with Gasteiger partial charge in [0.1, 0.15) is 10.7 Å². The summed E-state index contributed by atoms with van der Waals surface area (Å²) in [6.07, 6.45) is 0.509. The van der Waals surface area contributed by atoms with Gasteiger partial charge in [0.25, 0.3) is 10.8 Å². The van der Waals surface area contributed by atoms with Crippen LogP contribution in [0.3, 0.4) is 0 Å². The predicted octanol–water partition coefficient (Wildman–Crippen LogP) is 5.30. The van der Waals surface area contributed by atoms with Crippen molar-refractivity contribution >= 4 is 44.7 Å². The molecule has 0 aliphatic heterocycles. The number of nitrogens with zero attached hydrogens (tertiary/aromatic N) is 4. The number of aromatic amines is 1. The summed E-state index contributed by atoms with van der Waals surface area (Å²) in [6.45, 7) is 6.04. The molecule has 5 rings (SSSR count). The van der Waals surface area contributed by atoms with Crippen LogP contribution in [0.1, 0.15) is 32.9 Å². The quantitative estimate of drug-likeness (QED) is 0.329. The van der Waals surface area contributed by atoms with Crippen molar-refractivity contribution in [3.63, 3.8) is 0 Å². The number of hydrogen-bond donors (Lipinski definition) is 1. The molecule has 162 valence electrons. The average Bonchev–Trinajstić information content (AvgIpc) is 3.46. The number of thiophene rings is 1. The van der Waals surface area contributed by atoms with Crippen LogP contribution in [0.15, 0.2) is 44.1 Å². The zero-order valence-electron chi connectivity index (χ0n) is 17.6. The van der Waals surface area contributed by atoms with E-state index in [-0.39, 0.29) is 5.56 Å². The number of thiazole rings is 1. The molecule has 0 aliphatic rings. The van der Waals surface area contributed by atoms with Gasteiger partial charge in [-0.25, -0.2) is 9.97 Å². The third-order valence-corrected chi connectivity index (χ3v) is 7.56. The second-order valence-electron chi connectivity index (χ2n) is 7.38. The van der Waals surface area contributed by atoms with E-state index in [1.54, 1.807) is 11.3 Å². The zero-order valence-corrected chi connectivity index (χ0v) is 20.1. The Morgan fingerprint density at radius 1 is 1.09 bits per heavy atom. The summed E-state index contributed by atoms with van der Waals surface area (Å²) in [6, 6.07) is 8.21. The van der Waals surface area contributed by atoms with Gasteiger partial charge in [0.15, 0.2) is 0 Å². The van der Waals surface area contributed by atoms with E-state index in [2.05, 4.69) is 32.3 Å². The molecule has 1 N–H and O–H groups in total. The Labute approximate surface area is 196 Å². The van der Waals surface area contributed by atoms with E-state index in [1.165, 1.54) is 28.7 Å². The van der Waals surface area contributed by atoms with Gasteiger partial charge in [-0.2, -0.15) is 0 Å². The third kappa shape index (κ3) is 4.25. The van der Waals surface area contributed by atoms with E-state index >= 15 is 0 Å². The average molecular weight is 482 g/mol. The van der Waals surface area contributed by atoms with Crippen LogP contribution in [-0.2, 0) is 12.2 Å². The monoisotopic (exact) mass is 481 g/mol. The molecule has 0 amide bonds. The fourth-order valence-electron chi connectivity index (χ4n) is 3.44. The number of benzene rings is 1. The number of nitrogens with one attached hydrogen (secondary N) is 1. The molecule has 0 fully saturated rings. The standard InChI is InChI=1S/C22H19N5O2S3/c1-11-4-6-14(7-5-11)18-12(2)32-21-19(18)20(28)24-16(25-21)10-31-22-27-26-17(29-22)8-15-9-30-13(3)23-15/h4-7,9H,8,10H2,1-3H3,(H,24,25,28). The molecule has 7 nitrogen and oxygen atoms in total. The van der Waals surface area contributed by atoms with Crippen LogP contribution in [0.2, 0.25) is 0 Å². The predicted molar refractivity (Wildman–Crippen MR) is 129 cm³/mol. The topological polar surface area (TPSA) is 97.6 Å². The van der Waals surface area contributed by atoms with Crippen LogP contribution in [0.4, 0.5) is 0 Å². The number of thioether (sulfide) groups is 1. The minimum absolute atomic E-state index is 0.129. The van der Waals surface area contributed by atoms with E-state index in [0.29, 0.717) is 34.5 Å². The Hall–Kier alpha value is -2.82. The highest BCUT2D eigenvalue weighted by molar-refractivity contribution is 7.98. The molecule has 4 aromatic heterocycles. The molecular weight excluding hydrogens is 462 g/mol. The van der Waals surface area contributed by atoms with Crippen molar-refractivity contribution in [1.29, 1.82) is 0 Å². The molecule has 5 aromatic rings. The zero-order chi connectivity index (χ0) is 22.2. The lowest BCUT2D eigenvalue weighted by Crippen LogP contribution is -2.10. The van der Waals surface area contributed by atoms with Crippen LogP contribution < -0.4 is 5.56 Å². The maximum absolute atomic E-state index is 12.9. The highest BCUT2D eigenvalue weighted by Crippen LogP contribution is 2.35. The van der Waals surface area contributed by atoms with Crippen LogP contribution in [0.5, 0.6) is 0 Å². The Balaban J connectivity index is 1.36. The van der Waals surface area contributed by atoms with Crippen molar-refractivity contribution in [2.75, 3.05) is 0 Å². The minimum Gasteiger partial charge on any atom is -0.416 e. The summed E-state index contributed by atoms with van der Waals surface area (Å²) >= 11 is 4.48. The van der Waals surface area contributed by atoms with Crippen molar-refractivity contribution < 1.29 is 4.42 Å². The van der Waals surface area contributed by atoms with Gasteiger partial charge in [-0.15, -0.1) is 32.9 Å². The Bertz CT molecular complexity index is 1460. The van der Waals surface area contributed by atoms with Crippen LogP contribution in [0.25, 0.3) is 21.3 Å². The van der Waals surface area contributed by atoms with E-state index in [0.717, 1.165) is 31.5 Å². The summed E-state index contributed by atoms with van der Waals surface area (Å²) < 4.78 is 5.72. The van der Waals surface area contributed by atoms with Crippen LogP contribution >= 0.6 is 34.4 Å². The van der Waals surface area contributed by atoms with Crippen LogP contribution in [-0.4, -0.2) is 25.1 Å². The van der Waals surface area contributed by atoms with Crippen LogP contribution in [0, 0.1) is 20.8 Å². The van der Waals surface area contributed by atoms with Gasteiger partial charge in [-0.1, -0.05) is 41.6 Å². The molecule has 0 saturated heterocycles. The molecule has 0 saturated carbocycles. The second-order valence-corrected chi connectivity index (χ2v) is 10.6. The number of H-pyrrole nitrogens is 1. The maximum atomic E-state index is 12.9. The highest BCUT2D eigenvalue weighted by atomic mass is 32.2. The van der Waals surface area contributed by atoms with Crippen molar-refractivity contribution in [3.05, 3.63) is 72.9 Å². The van der Waals surface area contributed by atoms with Gasteiger partial charge in [-0.3, -0.25) is 4.79 Å². The first-order valence-corrected chi connectivity index (χ1v) is 12.6. The normalized spacial score (nSPS) is 11.5. The number of aromatic nitrogens is 5. The molecular formula is C22H19N5O2S3. The van der Waals surface area contributed by atoms with Gasteiger partial charge < -0.3 is 9.40 Å². The van der Waals surface area contributed by atoms with E-state index in [4.69, 9.17) is 9.40 Å². The fraction of sp³-hybridized carbons (Fsp3) is 0.227. The lowest BCUT2D eigenvalue weighted by Gasteiger charge is -2.03. The van der Waals surface area contributed by atoms with Gasteiger partial charge >= 0.3 is 0 Å². The first kappa shape index (κ1) is 21.0. The Morgan fingerprint density at radius 2 is 1.91 bits per heavy atom. The van der Waals surface area contributed by atoms with Crippen molar-refractivity contribution in [2.45, 2.75) is 38.2 Å². The first-order chi connectivity index (χ1) is 15.5. The summed E-state index contributed by atoms with van der Waals surface area (Å²) in [5.74, 6) is 1.53. The van der Waals surface area contributed by atoms with E-state index < -0.39 is 0 Å². The third-order valence-electron chi connectivity index (χ3n) is 4.91. The Morgan fingerprint density at radius 3 is 2.66 bits per heavy atom. The summed E-state index contributed by atoms with van der Waals surface area (Å²) in [4.78, 5) is 26.8. The molecule has 10 heteroatoms. The summed E-state index contributed by atoms with van der Waals surface area (Å²) in [5, 5.41) is 12.3. The molecule has 0 atom stereocenters. The minimum atomic E-state index is -0.129. The molecule has 0 radical (unpaired) electrons. The lowest BCUT2D eigenvalue weighted by atomic mass is 10.0. The molecule has 0 aliphatic carbocycles. The van der Waals surface area contributed by atoms with E-state index in [9.17, 15) is 4.79 Å². The largest absolute Gasteiger partial charge is 0.416 e. The second kappa shape index (κ2) is 8.61. The van der Waals surface area contributed by atoms with Gasteiger partial charge in [0.05, 0.1) is 28.3 Å². The smallest absolute Gasteiger partial charge is 0.277 e. The van der Waals surface area contributed by atoms with Gasteiger partial charge in [0, 0.05) is 15.8 Å². The molecule has 4 heterocycles. The maximum Gasteiger partial charge on any atom is 0.277 e. The molecule has 1 aromatic carbocycles. The summed E-state index contributed by atoms with van der Waals surface area (Å²) in [5.41, 5.74) is 3.96. The number of rotatable bonds is 6.